The Morgan fingerprint density at radius 2 is 1.75 bits per heavy atom. The van der Waals surface area contributed by atoms with Crippen LogP contribution in [0, 0.1) is 17.8 Å². The number of hydrogen-bond donors (Lipinski definition) is 2. The van der Waals surface area contributed by atoms with Crippen molar-refractivity contribution in [1.29, 1.82) is 0 Å². The van der Waals surface area contributed by atoms with Crippen molar-refractivity contribution in [3.05, 3.63) is 11.6 Å². The first kappa shape index (κ1) is 14.9. The molecule has 0 aromatic rings. The van der Waals surface area contributed by atoms with E-state index in [0.29, 0.717) is 25.7 Å². The molecule has 1 saturated heterocycles. The summed E-state index contributed by atoms with van der Waals surface area (Å²) in [6.07, 6.45) is 3.07. The molecule has 5 nitrogen and oxygen atoms in total. The number of carbonyl (C=O) groups excluding carboxylic acids is 3. The molecule has 2 rings (SSSR count). The van der Waals surface area contributed by atoms with Gasteiger partial charge in [-0.3, -0.25) is 19.7 Å². The molecule has 2 fully saturated rings. The largest absolute Gasteiger partial charge is 0.392 e. The number of nitrogens with one attached hydrogen (secondary N) is 1. The van der Waals surface area contributed by atoms with E-state index >= 15 is 0 Å². The summed E-state index contributed by atoms with van der Waals surface area (Å²) in [6, 6.07) is 0. The Bertz CT molecular complexity index is 452. The van der Waals surface area contributed by atoms with Gasteiger partial charge in [-0.05, 0) is 30.3 Å². The number of aliphatic hydroxyl groups excluding tert-OH is 1. The first-order valence-corrected chi connectivity index (χ1v) is 7.12. The molecule has 0 radical (unpaired) electrons. The van der Waals surface area contributed by atoms with E-state index in [0.717, 1.165) is 5.57 Å². The summed E-state index contributed by atoms with van der Waals surface area (Å²) in [6.45, 7) is 3.67. The lowest BCUT2D eigenvalue weighted by Crippen LogP contribution is -2.39. The number of Topliss-reactive ketones (excluding diaryl/α,β-unsaturated/α-hetero) is 1. The molecule has 1 aliphatic carbocycles. The smallest absolute Gasteiger partial charge is 0.226 e. The quantitative estimate of drug-likeness (QED) is 0.582. The molecule has 3 atom stereocenters. The lowest BCUT2D eigenvalue weighted by molar-refractivity contribution is -0.134. The van der Waals surface area contributed by atoms with Crippen LogP contribution in [0.1, 0.15) is 39.5 Å². The minimum Gasteiger partial charge on any atom is -0.392 e. The number of ketones is 1. The second-order valence-corrected chi connectivity index (χ2v) is 6.04. The molecule has 1 saturated carbocycles. The van der Waals surface area contributed by atoms with Gasteiger partial charge in [-0.2, -0.15) is 0 Å². The fourth-order valence-corrected chi connectivity index (χ4v) is 3.02. The summed E-state index contributed by atoms with van der Waals surface area (Å²) < 4.78 is 0. The molecular formula is C15H21NO4. The molecular weight excluding hydrogens is 258 g/mol. The van der Waals surface area contributed by atoms with Crippen molar-refractivity contribution in [2.75, 3.05) is 0 Å². The molecule has 0 aromatic heterocycles. The van der Waals surface area contributed by atoms with Crippen LogP contribution in [-0.4, -0.2) is 28.8 Å². The van der Waals surface area contributed by atoms with Gasteiger partial charge in [0.15, 0.2) is 5.78 Å². The third-order valence-corrected chi connectivity index (χ3v) is 4.29. The predicted molar refractivity (Wildman–Crippen MR) is 72.5 cm³/mol. The highest BCUT2D eigenvalue weighted by Gasteiger charge is 2.35. The summed E-state index contributed by atoms with van der Waals surface area (Å²) in [7, 11) is 0. The van der Waals surface area contributed by atoms with Gasteiger partial charge in [-0.25, -0.2) is 0 Å². The number of piperidine rings is 1. The van der Waals surface area contributed by atoms with Crippen LogP contribution >= 0.6 is 0 Å². The zero-order valence-corrected chi connectivity index (χ0v) is 11.9. The van der Waals surface area contributed by atoms with Gasteiger partial charge in [0, 0.05) is 18.8 Å². The van der Waals surface area contributed by atoms with Crippen molar-refractivity contribution < 1.29 is 19.5 Å². The summed E-state index contributed by atoms with van der Waals surface area (Å²) >= 11 is 0. The number of allylic oxidation sites excluding steroid dienone is 2. The van der Waals surface area contributed by atoms with Gasteiger partial charge >= 0.3 is 0 Å². The van der Waals surface area contributed by atoms with Gasteiger partial charge in [-0.15, -0.1) is 0 Å². The maximum Gasteiger partial charge on any atom is 0.226 e. The van der Waals surface area contributed by atoms with Crippen LogP contribution in [0.15, 0.2) is 11.6 Å². The van der Waals surface area contributed by atoms with Crippen molar-refractivity contribution in [2.45, 2.75) is 45.6 Å². The first-order chi connectivity index (χ1) is 9.38. The SMILES string of the molecule is CC1CC(=CCC2CC(=O)NC(=O)C2)C(=O)C(C)C1O. The average Bonchev–Trinajstić information content (AvgIpc) is 2.38. The molecule has 1 aliphatic heterocycles. The van der Waals surface area contributed by atoms with E-state index in [4.69, 9.17) is 0 Å². The van der Waals surface area contributed by atoms with Gasteiger partial charge in [0.1, 0.15) is 0 Å². The number of rotatable bonds is 2. The minimum absolute atomic E-state index is 0.0119. The normalized spacial score (nSPS) is 34.5. The zero-order valence-electron chi connectivity index (χ0n) is 11.9. The van der Waals surface area contributed by atoms with E-state index < -0.39 is 6.10 Å². The van der Waals surface area contributed by atoms with Crippen LogP contribution < -0.4 is 5.32 Å². The summed E-state index contributed by atoms with van der Waals surface area (Å²) in [5.74, 6) is -0.823. The van der Waals surface area contributed by atoms with E-state index in [1.54, 1.807) is 6.92 Å². The summed E-state index contributed by atoms with van der Waals surface area (Å²) in [4.78, 5) is 34.7. The Morgan fingerprint density at radius 1 is 1.15 bits per heavy atom. The molecule has 110 valence electrons. The third-order valence-electron chi connectivity index (χ3n) is 4.29. The van der Waals surface area contributed by atoms with Crippen molar-refractivity contribution in [1.82, 2.24) is 5.32 Å². The Hall–Kier alpha value is -1.49. The van der Waals surface area contributed by atoms with E-state index in [1.165, 1.54) is 0 Å². The molecule has 1 heterocycles. The number of aliphatic hydroxyl groups is 1. The maximum atomic E-state index is 12.1. The van der Waals surface area contributed by atoms with Gasteiger partial charge in [0.2, 0.25) is 11.8 Å². The predicted octanol–water partition coefficient (Wildman–Crippen LogP) is 0.962. The van der Waals surface area contributed by atoms with Gasteiger partial charge in [0.05, 0.1) is 6.10 Å². The van der Waals surface area contributed by atoms with E-state index in [-0.39, 0.29) is 35.4 Å². The Balaban J connectivity index is 2.02. The lowest BCUT2D eigenvalue weighted by atomic mass is 9.76. The number of carbonyl (C=O) groups is 3. The third kappa shape index (κ3) is 3.15. The maximum absolute atomic E-state index is 12.1. The fraction of sp³-hybridized carbons (Fsp3) is 0.667. The molecule has 2 aliphatic rings. The Kier molecular flexibility index (Phi) is 4.38. The van der Waals surface area contributed by atoms with Crippen LogP contribution in [0.3, 0.4) is 0 Å². The van der Waals surface area contributed by atoms with E-state index in [2.05, 4.69) is 5.32 Å². The topological polar surface area (TPSA) is 83.5 Å². The highest BCUT2D eigenvalue weighted by molar-refractivity contribution is 5.99. The first-order valence-electron chi connectivity index (χ1n) is 7.12. The van der Waals surface area contributed by atoms with Crippen molar-refractivity contribution in [3.8, 4) is 0 Å². The monoisotopic (exact) mass is 279 g/mol. The molecule has 20 heavy (non-hydrogen) atoms. The molecule has 5 heteroatoms. The standard InChI is InChI=1S/C15H21NO4/c1-8-5-11(15(20)9(2)14(8)19)4-3-10-6-12(17)16-13(18)7-10/h4,8-10,14,19H,3,5-7H2,1-2H3,(H,16,17,18). The van der Waals surface area contributed by atoms with Crippen LogP contribution in [0.25, 0.3) is 0 Å². The summed E-state index contributed by atoms with van der Waals surface area (Å²) in [5.41, 5.74) is 0.730. The van der Waals surface area contributed by atoms with Crippen molar-refractivity contribution in [2.24, 2.45) is 17.8 Å². The van der Waals surface area contributed by atoms with Crippen molar-refractivity contribution in [3.63, 3.8) is 0 Å². The molecule has 2 amide bonds. The second kappa shape index (κ2) is 5.87. The lowest BCUT2D eigenvalue weighted by Gasteiger charge is -2.31. The van der Waals surface area contributed by atoms with Crippen LogP contribution in [0.2, 0.25) is 0 Å². The van der Waals surface area contributed by atoms with Gasteiger partial charge in [-0.1, -0.05) is 19.9 Å². The molecule has 0 spiro atoms. The molecule has 0 aromatic carbocycles. The average molecular weight is 279 g/mol. The van der Waals surface area contributed by atoms with E-state index in [1.807, 2.05) is 13.0 Å². The molecule has 2 N–H and O–H groups in total. The van der Waals surface area contributed by atoms with Crippen LogP contribution in [-0.2, 0) is 14.4 Å². The Labute approximate surface area is 118 Å². The number of hydrogen-bond acceptors (Lipinski definition) is 4. The fourth-order valence-electron chi connectivity index (χ4n) is 3.02. The summed E-state index contributed by atoms with van der Waals surface area (Å²) in [5, 5.41) is 12.2. The highest BCUT2D eigenvalue weighted by atomic mass is 16.3. The van der Waals surface area contributed by atoms with E-state index in [9.17, 15) is 19.5 Å². The zero-order chi connectivity index (χ0) is 14.9. The van der Waals surface area contributed by atoms with Gasteiger partial charge in [0.25, 0.3) is 0 Å². The van der Waals surface area contributed by atoms with Crippen LogP contribution in [0.5, 0.6) is 0 Å². The number of amides is 2. The number of imide groups is 1. The Morgan fingerprint density at radius 3 is 2.35 bits per heavy atom. The minimum atomic E-state index is -0.582. The van der Waals surface area contributed by atoms with Crippen molar-refractivity contribution >= 4 is 17.6 Å². The van der Waals surface area contributed by atoms with Gasteiger partial charge < -0.3 is 5.11 Å². The molecule has 3 unspecified atom stereocenters. The second-order valence-electron chi connectivity index (χ2n) is 6.04. The van der Waals surface area contributed by atoms with Crippen LogP contribution in [0.4, 0.5) is 0 Å². The highest BCUT2D eigenvalue weighted by Crippen LogP contribution is 2.31. The molecule has 0 bridgehead atoms.